The normalized spacial score (nSPS) is 10.6. The molecule has 2 aromatic carbocycles. The lowest BCUT2D eigenvalue weighted by Crippen LogP contribution is -2.32. The van der Waals surface area contributed by atoms with Crippen molar-refractivity contribution in [2.24, 2.45) is 0 Å². The van der Waals surface area contributed by atoms with Crippen LogP contribution in [0.3, 0.4) is 0 Å². The number of hydrogen-bond acceptors (Lipinski definition) is 4. The molecule has 5 nitrogen and oxygen atoms in total. The van der Waals surface area contributed by atoms with Crippen LogP contribution in [0.15, 0.2) is 59.8 Å². The average molecular weight is 373 g/mol. The van der Waals surface area contributed by atoms with Crippen LogP contribution in [0.2, 0.25) is 5.02 Å². The number of carbonyl (C=O) groups excluding carboxylic acids is 1. The number of carbonyl (C=O) groups is 1. The van der Waals surface area contributed by atoms with Crippen LogP contribution in [0.4, 0.5) is 5.69 Å². The molecule has 0 aliphatic carbocycles. The Bertz CT molecular complexity index is 836. The van der Waals surface area contributed by atoms with Crippen LogP contribution in [-0.2, 0) is 4.79 Å². The molecule has 0 saturated heterocycles. The maximum Gasteiger partial charge on any atom is 0.237 e. The van der Waals surface area contributed by atoms with Gasteiger partial charge in [-0.1, -0.05) is 41.6 Å². The number of aromatic nitrogens is 3. The van der Waals surface area contributed by atoms with Gasteiger partial charge in [0.2, 0.25) is 11.1 Å². The smallest absolute Gasteiger partial charge is 0.237 e. The third-order valence-corrected chi connectivity index (χ3v) is 4.68. The van der Waals surface area contributed by atoms with E-state index in [-0.39, 0.29) is 11.7 Å². The van der Waals surface area contributed by atoms with Gasteiger partial charge in [-0.2, -0.15) is 0 Å². The van der Waals surface area contributed by atoms with Crippen molar-refractivity contribution in [2.45, 2.75) is 12.1 Å². The van der Waals surface area contributed by atoms with Crippen LogP contribution in [0.25, 0.3) is 11.4 Å². The van der Waals surface area contributed by atoms with Crippen molar-refractivity contribution in [2.75, 3.05) is 17.2 Å². The Morgan fingerprint density at radius 1 is 1.16 bits per heavy atom. The van der Waals surface area contributed by atoms with E-state index in [9.17, 15) is 4.79 Å². The van der Waals surface area contributed by atoms with Crippen molar-refractivity contribution in [1.82, 2.24) is 15.2 Å². The molecule has 0 unspecified atom stereocenters. The molecule has 7 heteroatoms. The second-order valence-electron chi connectivity index (χ2n) is 5.24. The number of benzene rings is 2. The molecule has 1 N–H and O–H groups in total. The highest BCUT2D eigenvalue weighted by molar-refractivity contribution is 7.99. The van der Waals surface area contributed by atoms with Gasteiger partial charge in [0.1, 0.15) is 0 Å². The van der Waals surface area contributed by atoms with E-state index in [0.717, 1.165) is 11.3 Å². The molecule has 0 radical (unpaired) electrons. The molecule has 1 amide bonds. The molecule has 0 spiro atoms. The zero-order valence-corrected chi connectivity index (χ0v) is 15.2. The summed E-state index contributed by atoms with van der Waals surface area (Å²) in [6.45, 7) is 2.58. The van der Waals surface area contributed by atoms with E-state index in [1.165, 1.54) is 11.8 Å². The highest BCUT2D eigenvalue weighted by Crippen LogP contribution is 2.22. The molecule has 0 atom stereocenters. The lowest BCUT2D eigenvalue weighted by Gasteiger charge is -2.20. The van der Waals surface area contributed by atoms with Crippen LogP contribution >= 0.6 is 23.4 Å². The first-order chi connectivity index (χ1) is 12.2. The zero-order valence-electron chi connectivity index (χ0n) is 13.6. The van der Waals surface area contributed by atoms with Gasteiger partial charge in [-0.25, -0.2) is 4.98 Å². The SMILES string of the molecule is CCN(C(=O)CSc1n[nH]c(-c2ccc(Cl)cc2)n1)c1ccccc1. The number of amides is 1. The first-order valence-electron chi connectivity index (χ1n) is 7.84. The van der Waals surface area contributed by atoms with Crippen LogP contribution in [-0.4, -0.2) is 33.4 Å². The fourth-order valence-electron chi connectivity index (χ4n) is 2.36. The third-order valence-electron chi connectivity index (χ3n) is 3.59. The second kappa shape index (κ2) is 8.18. The van der Waals surface area contributed by atoms with Gasteiger partial charge in [-0.3, -0.25) is 9.89 Å². The Morgan fingerprint density at radius 3 is 2.56 bits per heavy atom. The summed E-state index contributed by atoms with van der Waals surface area (Å²) in [5, 5.41) is 8.27. The van der Waals surface area contributed by atoms with Gasteiger partial charge in [-0.05, 0) is 43.3 Å². The topological polar surface area (TPSA) is 61.9 Å². The molecule has 0 bridgehead atoms. The molecule has 1 aromatic heterocycles. The third kappa shape index (κ3) is 4.41. The van der Waals surface area contributed by atoms with E-state index in [2.05, 4.69) is 15.2 Å². The lowest BCUT2D eigenvalue weighted by atomic mass is 10.2. The fourth-order valence-corrected chi connectivity index (χ4v) is 3.16. The lowest BCUT2D eigenvalue weighted by molar-refractivity contribution is -0.116. The Balaban J connectivity index is 1.63. The highest BCUT2D eigenvalue weighted by atomic mass is 35.5. The number of hydrogen-bond donors (Lipinski definition) is 1. The molecule has 3 aromatic rings. The number of rotatable bonds is 6. The molecule has 25 heavy (non-hydrogen) atoms. The van der Waals surface area contributed by atoms with Crippen molar-refractivity contribution in [3.8, 4) is 11.4 Å². The van der Waals surface area contributed by atoms with Crippen molar-refractivity contribution in [1.29, 1.82) is 0 Å². The number of nitrogens with zero attached hydrogens (tertiary/aromatic N) is 3. The highest BCUT2D eigenvalue weighted by Gasteiger charge is 2.15. The van der Waals surface area contributed by atoms with Crippen molar-refractivity contribution in [3.63, 3.8) is 0 Å². The number of nitrogens with one attached hydrogen (secondary N) is 1. The predicted molar refractivity (Wildman–Crippen MR) is 102 cm³/mol. The summed E-state index contributed by atoms with van der Waals surface area (Å²) in [5.41, 5.74) is 1.79. The predicted octanol–water partition coefficient (Wildman–Crippen LogP) is 4.27. The quantitative estimate of drug-likeness (QED) is 0.656. The maximum absolute atomic E-state index is 12.5. The van der Waals surface area contributed by atoms with E-state index in [1.54, 1.807) is 17.0 Å². The van der Waals surface area contributed by atoms with Crippen LogP contribution in [0.1, 0.15) is 6.92 Å². The van der Waals surface area contributed by atoms with E-state index < -0.39 is 0 Å². The van der Waals surface area contributed by atoms with Crippen LogP contribution < -0.4 is 4.90 Å². The number of H-pyrrole nitrogens is 1. The standard InChI is InChI=1S/C18H17ClN4OS/c1-2-23(15-6-4-3-5-7-15)16(24)12-25-18-20-17(21-22-18)13-8-10-14(19)11-9-13/h3-11H,2,12H2,1H3,(H,20,21,22). The van der Waals surface area contributed by atoms with E-state index in [1.807, 2.05) is 49.4 Å². The Labute approximate surface area is 155 Å². The summed E-state index contributed by atoms with van der Waals surface area (Å²) in [6.07, 6.45) is 0. The Kier molecular flexibility index (Phi) is 5.73. The first kappa shape index (κ1) is 17.5. The molecular weight excluding hydrogens is 356 g/mol. The van der Waals surface area contributed by atoms with Gasteiger partial charge in [0.15, 0.2) is 5.82 Å². The molecule has 128 valence electrons. The van der Waals surface area contributed by atoms with Gasteiger partial charge in [0.05, 0.1) is 5.75 Å². The minimum atomic E-state index is 0.0246. The van der Waals surface area contributed by atoms with E-state index >= 15 is 0 Å². The molecule has 0 saturated carbocycles. The van der Waals surface area contributed by atoms with Crippen LogP contribution in [0.5, 0.6) is 0 Å². The largest absolute Gasteiger partial charge is 0.312 e. The fraction of sp³-hybridized carbons (Fsp3) is 0.167. The van der Waals surface area contributed by atoms with E-state index in [4.69, 9.17) is 11.6 Å². The minimum Gasteiger partial charge on any atom is -0.312 e. The van der Waals surface area contributed by atoms with Crippen molar-refractivity contribution < 1.29 is 4.79 Å². The molecule has 1 heterocycles. The summed E-state index contributed by atoms with van der Waals surface area (Å²) in [5.74, 6) is 0.958. The summed E-state index contributed by atoms with van der Waals surface area (Å²) in [6, 6.07) is 17.0. The monoisotopic (exact) mass is 372 g/mol. The van der Waals surface area contributed by atoms with E-state index in [0.29, 0.717) is 22.5 Å². The van der Waals surface area contributed by atoms with Gasteiger partial charge >= 0.3 is 0 Å². The number of aromatic amines is 1. The Morgan fingerprint density at radius 2 is 1.88 bits per heavy atom. The summed E-state index contributed by atoms with van der Waals surface area (Å²) < 4.78 is 0. The summed E-state index contributed by atoms with van der Waals surface area (Å²) >= 11 is 7.21. The first-order valence-corrected chi connectivity index (χ1v) is 9.20. The number of anilines is 1. The molecular formula is C18H17ClN4OS. The zero-order chi connectivity index (χ0) is 17.6. The second-order valence-corrected chi connectivity index (χ2v) is 6.61. The number of thioether (sulfide) groups is 1. The molecule has 3 rings (SSSR count). The summed E-state index contributed by atoms with van der Waals surface area (Å²) in [4.78, 5) is 18.7. The Hall–Kier alpha value is -2.31. The van der Waals surface area contributed by atoms with Gasteiger partial charge < -0.3 is 4.90 Å². The number of para-hydroxylation sites is 1. The van der Waals surface area contributed by atoms with Gasteiger partial charge in [0.25, 0.3) is 0 Å². The van der Waals surface area contributed by atoms with Crippen molar-refractivity contribution >= 4 is 35.0 Å². The number of halogens is 1. The van der Waals surface area contributed by atoms with Crippen LogP contribution in [0, 0.1) is 0 Å². The van der Waals surface area contributed by atoms with Gasteiger partial charge in [-0.15, -0.1) is 5.10 Å². The molecule has 0 aliphatic rings. The molecule has 0 aliphatic heterocycles. The minimum absolute atomic E-state index is 0.0246. The van der Waals surface area contributed by atoms with Gasteiger partial charge in [0, 0.05) is 22.8 Å². The molecule has 0 fully saturated rings. The summed E-state index contributed by atoms with van der Waals surface area (Å²) in [7, 11) is 0. The average Bonchev–Trinajstić information content (AvgIpc) is 3.11. The van der Waals surface area contributed by atoms with Crippen molar-refractivity contribution in [3.05, 3.63) is 59.6 Å². The maximum atomic E-state index is 12.5.